The smallest absolute Gasteiger partial charge is 0.263 e. The Balaban J connectivity index is 2.21. The monoisotopic (exact) mass is 221 g/mol. The van der Waals surface area contributed by atoms with Crippen molar-refractivity contribution in [3.8, 4) is 0 Å². The summed E-state index contributed by atoms with van der Waals surface area (Å²) in [6.07, 6.45) is -3.64. The second-order valence-corrected chi connectivity index (χ2v) is 4.62. The lowest BCUT2D eigenvalue weighted by atomic mass is 10.0. The maximum Gasteiger partial charge on any atom is 0.263 e. The van der Waals surface area contributed by atoms with Gasteiger partial charge in [-0.05, 0) is 0 Å². The number of aliphatic hydroxyl groups is 4. The fraction of sp³-hybridized carbons (Fsp3) is 0.857. The highest BCUT2D eigenvalue weighted by Gasteiger charge is 2.50. The third-order valence-corrected chi connectivity index (χ3v) is 3.76. The summed E-state index contributed by atoms with van der Waals surface area (Å²) in [6, 6.07) is 0. The molecule has 0 aliphatic carbocycles. The molecule has 2 saturated heterocycles. The highest BCUT2D eigenvalue weighted by molar-refractivity contribution is 8.01. The van der Waals surface area contributed by atoms with E-state index in [1.54, 1.807) is 0 Å². The number of piperidine rings is 1. The van der Waals surface area contributed by atoms with Crippen molar-refractivity contribution in [2.45, 2.75) is 29.1 Å². The minimum Gasteiger partial charge on any atom is -0.388 e. The van der Waals surface area contributed by atoms with Crippen molar-refractivity contribution in [3.63, 3.8) is 0 Å². The molecule has 7 heteroatoms. The van der Waals surface area contributed by atoms with Crippen LogP contribution in [0.1, 0.15) is 0 Å². The van der Waals surface area contributed by atoms with E-state index in [4.69, 9.17) is 0 Å². The van der Waals surface area contributed by atoms with Gasteiger partial charge in [0, 0.05) is 0 Å². The predicted octanol–water partition coefficient (Wildman–Crippen LogP) is -2.70. The van der Waals surface area contributed by atoms with Gasteiger partial charge >= 0.3 is 0 Å². The van der Waals surface area contributed by atoms with Gasteiger partial charge in [-0.15, -0.1) is 0 Å². The number of thioether (sulfide) groups is 1. The Morgan fingerprint density at radius 3 is 2.50 bits per heavy atom. The van der Waals surface area contributed by atoms with Gasteiger partial charge in [0.05, 0.1) is 6.54 Å². The molecule has 2 aliphatic rings. The van der Waals surface area contributed by atoms with Crippen molar-refractivity contribution < 1.29 is 25.2 Å². The Hall–Kier alpha value is -0.340. The molecule has 2 heterocycles. The summed E-state index contributed by atoms with van der Waals surface area (Å²) < 4.78 is 0. The van der Waals surface area contributed by atoms with Gasteiger partial charge in [0.25, 0.3) is 5.91 Å². The van der Waals surface area contributed by atoms with Crippen LogP contribution in [0.4, 0.5) is 0 Å². The molecule has 0 aromatic carbocycles. The normalized spacial score (nSPS) is 48.1. The third-order valence-electron chi connectivity index (χ3n) is 2.49. The van der Waals surface area contributed by atoms with Gasteiger partial charge in [0.15, 0.2) is 5.44 Å². The molecule has 0 aromatic rings. The molecule has 1 amide bonds. The van der Waals surface area contributed by atoms with E-state index in [0.717, 1.165) is 11.8 Å². The summed E-state index contributed by atoms with van der Waals surface area (Å²) in [5, 5.41) is 36.7. The van der Waals surface area contributed by atoms with Crippen LogP contribution in [0, 0.1) is 0 Å². The van der Waals surface area contributed by atoms with Crippen molar-refractivity contribution in [3.05, 3.63) is 0 Å². The van der Waals surface area contributed by atoms with E-state index >= 15 is 0 Å². The fourth-order valence-corrected chi connectivity index (χ4v) is 2.87. The first kappa shape index (κ1) is 10.2. The topological polar surface area (TPSA) is 101 Å². The Kier molecular flexibility index (Phi) is 2.44. The minimum absolute atomic E-state index is 0.0498. The second kappa shape index (κ2) is 3.35. The van der Waals surface area contributed by atoms with E-state index in [0.29, 0.717) is 0 Å². The number of nitrogens with zero attached hydrogens (tertiary/aromatic N) is 1. The molecule has 0 spiro atoms. The molecule has 0 radical (unpaired) electrons. The third kappa shape index (κ3) is 1.32. The van der Waals surface area contributed by atoms with Crippen LogP contribution in [0.25, 0.3) is 0 Å². The Morgan fingerprint density at radius 1 is 1.21 bits per heavy atom. The molecule has 2 aliphatic heterocycles. The van der Waals surface area contributed by atoms with E-state index in [1.165, 1.54) is 4.90 Å². The average molecular weight is 221 g/mol. The lowest BCUT2D eigenvalue weighted by Crippen LogP contribution is -2.59. The predicted molar refractivity (Wildman–Crippen MR) is 47.1 cm³/mol. The van der Waals surface area contributed by atoms with Crippen LogP contribution in [0.15, 0.2) is 0 Å². The van der Waals surface area contributed by atoms with E-state index in [1.807, 2.05) is 0 Å². The standard InChI is InChI=1S/C7H11NO5S/c9-2-1-8-5(12)7(13)14-6(8)4(11)3(2)10/h2-4,6-7,9-11,13H,1H2/t2-,3-,4-,6+,7?/m1/s1. The van der Waals surface area contributed by atoms with Crippen LogP contribution in [-0.2, 0) is 4.79 Å². The van der Waals surface area contributed by atoms with Crippen LogP contribution in [-0.4, -0.2) is 66.9 Å². The van der Waals surface area contributed by atoms with Gasteiger partial charge in [-0.1, -0.05) is 11.8 Å². The number of carbonyl (C=O) groups is 1. The molecule has 0 aromatic heterocycles. The maximum atomic E-state index is 11.3. The SMILES string of the molecule is O=C1C(O)S[C@H]2[C@H](O)[C@H](O)[C@H](O)CN12. The molecule has 14 heavy (non-hydrogen) atoms. The number of hydrogen-bond donors (Lipinski definition) is 4. The zero-order valence-corrected chi connectivity index (χ0v) is 7.96. The van der Waals surface area contributed by atoms with Crippen LogP contribution < -0.4 is 0 Å². The van der Waals surface area contributed by atoms with Crippen LogP contribution in [0.5, 0.6) is 0 Å². The first-order valence-corrected chi connectivity index (χ1v) is 5.15. The highest BCUT2D eigenvalue weighted by Crippen LogP contribution is 2.36. The number of carbonyl (C=O) groups excluding carboxylic acids is 1. The van der Waals surface area contributed by atoms with Crippen molar-refractivity contribution in [1.82, 2.24) is 4.90 Å². The summed E-state index contributed by atoms with van der Waals surface area (Å²) in [4.78, 5) is 12.5. The first-order chi connectivity index (χ1) is 6.52. The summed E-state index contributed by atoms with van der Waals surface area (Å²) in [5.41, 5.74) is -1.20. The molecule has 4 N–H and O–H groups in total. The van der Waals surface area contributed by atoms with Crippen molar-refractivity contribution >= 4 is 17.7 Å². The molecule has 0 saturated carbocycles. The molecule has 1 unspecified atom stereocenters. The summed E-state index contributed by atoms with van der Waals surface area (Å²) in [6.45, 7) is -0.0498. The van der Waals surface area contributed by atoms with Gasteiger partial charge in [0.1, 0.15) is 23.7 Å². The largest absolute Gasteiger partial charge is 0.388 e. The Labute approximate surface area is 84.1 Å². The minimum atomic E-state index is -1.26. The quantitative estimate of drug-likeness (QED) is 0.355. The van der Waals surface area contributed by atoms with Gasteiger partial charge in [-0.3, -0.25) is 4.79 Å². The van der Waals surface area contributed by atoms with E-state index < -0.39 is 35.0 Å². The number of hydrogen-bond acceptors (Lipinski definition) is 6. The van der Waals surface area contributed by atoms with E-state index in [2.05, 4.69) is 0 Å². The second-order valence-electron chi connectivity index (χ2n) is 3.42. The van der Waals surface area contributed by atoms with Gasteiger partial charge in [-0.25, -0.2) is 0 Å². The molecular formula is C7H11NO5S. The zero-order chi connectivity index (χ0) is 10.5. The number of rotatable bonds is 0. The van der Waals surface area contributed by atoms with Gasteiger partial charge in [0.2, 0.25) is 0 Å². The molecule has 5 atom stereocenters. The molecule has 2 rings (SSSR count). The summed E-state index contributed by atoms with van der Waals surface area (Å²) in [5.74, 6) is -0.523. The maximum absolute atomic E-state index is 11.3. The molecule has 0 bridgehead atoms. The van der Waals surface area contributed by atoms with Crippen molar-refractivity contribution in [1.29, 1.82) is 0 Å². The van der Waals surface area contributed by atoms with Gasteiger partial charge in [-0.2, -0.15) is 0 Å². The van der Waals surface area contributed by atoms with Gasteiger partial charge < -0.3 is 25.3 Å². The summed E-state index contributed by atoms with van der Waals surface area (Å²) in [7, 11) is 0. The fourth-order valence-electron chi connectivity index (χ4n) is 1.70. The Morgan fingerprint density at radius 2 is 1.86 bits per heavy atom. The van der Waals surface area contributed by atoms with Crippen molar-refractivity contribution in [2.75, 3.05) is 6.54 Å². The zero-order valence-electron chi connectivity index (χ0n) is 7.15. The highest BCUT2D eigenvalue weighted by atomic mass is 32.2. The lowest BCUT2D eigenvalue weighted by molar-refractivity contribution is -0.152. The molecule has 2 fully saturated rings. The van der Waals surface area contributed by atoms with E-state index in [-0.39, 0.29) is 6.54 Å². The van der Waals surface area contributed by atoms with Crippen molar-refractivity contribution in [2.24, 2.45) is 0 Å². The van der Waals surface area contributed by atoms with Crippen LogP contribution >= 0.6 is 11.8 Å². The number of aliphatic hydroxyl groups excluding tert-OH is 4. The van der Waals surface area contributed by atoms with Crippen LogP contribution in [0.2, 0.25) is 0 Å². The molecule has 6 nitrogen and oxygen atoms in total. The number of fused-ring (bicyclic) bond motifs is 1. The first-order valence-electron chi connectivity index (χ1n) is 4.20. The van der Waals surface area contributed by atoms with Crippen LogP contribution in [0.3, 0.4) is 0 Å². The molecule has 80 valence electrons. The number of amides is 1. The Bertz CT molecular complexity index is 262. The van der Waals surface area contributed by atoms with E-state index in [9.17, 15) is 25.2 Å². The lowest BCUT2D eigenvalue weighted by Gasteiger charge is -2.38. The molecular weight excluding hydrogens is 210 g/mol. The summed E-state index contributed by atoms with van der Waals surface area (Å²) >= 11 is 0.882. The average Bonchev–Trinajstić information content (AvgIpc) is 2.42.